The van der Waals surface area contributed by atoms with Gasteiger partial charge < -0.3 is 9.73 Å². The van der Waals surface area contributed by atoms with Crippen molar-refractivity contribution in [2.24, 2.45) is 11.3 Å². The van der Waals surface area contributed by atoms with Crippen LogP contribution in [0.5, 0.6) is 0 Å². The molecule has 1 aliphatic carbocycles. The second-order valence-corrected chi connectivity index (χ2v) is 11.0. The van der Waals surface area contributed by atoms with E-state index in [-0.39, 0.29) is 28.2 Å². The second kappa shape index (κ2) is 8.48. The SMILES string of the molecule is CC(C)(C)[C@H]1CCc2c(sc(NC(=O)c3cc4nc(-c5ccco5)cc(C(F)(F)F)n4n3)c2C#N)C1. The summed E-state index contributed by atoms with van der Waals surface area (Å²) in [6, 6.07) is 7.24. The number of amides is 1. The van der Waals surface area contributed by atoms with Crippen LogP contribution in [0.4, 0.5) is 18.2 Å². The lowest BCUT2D eigenvalue weighted by molar-refractivity contribution is -0.142. The first kappa shape index (κ1) is 24.1. The highest BCUT2D eigenvalue weighted by Crippen LogP contribution is 2.44. The number of anilines is 1. The van der Waals surface area contributed by atoms with E-state index in [0.717, 1.165) is 35.8 Å². The summed E-state index contributed by atoms with van der Waals surface area (Å²) in [4.78, 5) is 18.3. The minimum atomic E-state index is -4.74. The summed E-state index contributed by atoms with van der Waals surface area (Å²) in [5.41, 5.74) is -0.0429. The van der Waals surface area contributed by atoms with E-state index in [1.807, 2.05) is 0 Å². The lowest BCUT2D eigenvalue weighted by Crippen LogP contribution is -2.26. The van der Waals surface area contributed by atoms with Crippen molar-refractivity contribution in [1.29, 1.82) is 5.26 Å². The maximum Gasteiger partial charge on any atom is 0.433 e. The molecule has 0 saturated heterocycles. The van der Waals surface area contributed by atoms with Crippen molar-refractivity contribution in [3.63, 3.8) is 0 Å². The summed E-state index contributed by atoms with van der Waals surface area (Å²) in [6.07, 6.45) is -0.898. The molecule has 4 aromatic rings. The molecule has 0 radical (unpaired) electrons. The van der Waals surface area contributed by atoms with Gasteiger partial charge in [-0.05, 0) is 54.4 Å². The van der Waals surface area contributed by atoms with Crippen LogP contribution in [0.1, 0.15) is 59.4 Å². The van der Waals surface area contributed by atoms with Crippen molar-refractivity contribution in [2.45, 2.75) is 46.2 Å². The number of rotatable bonds is 3. The molecule has 36 heavy (non-hydrogen) atoms. The number of hydrogen-bond donors (Lipinski definition) is 1. The van der Waals surface area contributed by atoms with Crippen LogP contribution in [-0.2, 0) is 19.0 Å². The van der Waals surface area contributed by atoms with Crippen LogP contribution in [0.15, 0.2) is 34.9 Å². The van der Waals surface area contributed by atoms with Crippen LogP contribution in [0.3, 0.4) is 0 Å². The predicted molar refractivity (Wildman–Crippen MR) is 128 cm³/mol. The Morgan fingerprint density at radius 3 is 2.72 bits per heavy atom. The zero-order valence-electron chi connectivity index (χ0n) is 19.7. The third-order valence-corrected chi connectivity index (χ3v) is 7.72. The normalized spacial score (nSPS) is 16.1. The van der Waals surface area contributed by atoms with E-state index in [0.29, 0.717) is 21.0 Å². The van der Waals surface area contributed by atoms with Crippen molar-refractivity contribution < 1.29 is 22.4 Å². The summed E-state index contributed by atoms with van der Waals surface area (Å²) in [6.45, 7) is 6.57. The number of nitriles is 1. The third-order valence-electron chi connectivity index (χ3n) is 6.55. The molecule has 0 aliphatic heterocycles. The van der Waals surface area contributed by atoms with Gasteiger partial charge >= 0.3 is 6.18 Å². The maximum atomic E-state index is 13.8. The zero-order chi connectivity index (χ0) is 25.8. The highest BCUT2D eigenvalue weighted by molar-refractivity contribution is 7.16. The molecule has 0 fully saturated rings. The van der Waals surface area contributed by atoms with Gasteiger partial charge in [-0.15, -0.1) is 11.3 Å². The van der Waals surface area contributed by atoms with Gasteiger partial charge in [0.2, 0.25) is 0 Å². The summed E-state index contributed by atoms with van der Waals surface area (Å²) < 4.78 is 47.2. The van der Waals surface area contributed by atoms with Gasteiger partial charge in [-0.2, -0.15) is 23.5 Å². The molecule has 1 atom stereocenters. The fourth-order valence-electron chi connectivity index (χ4n) is 4.54. The number of fused-ring (bicyclic) bond motifs is 2. The standard InChI is InChI=1S/C25H22F3N5O2S/c1-24(2,3)13-6-7-14-15(12-29)23(36-19(14)9-13)31-22(34)17-11-21-30-16(18-5-4-8-35-18)10-20(25(26,27)28)33(21)32-17/h4-5,8,10-11,13H,6-7,9H2,1-3H3,(H,31,34)/t13-/m0/s1. The average molecular weight is 514 g/mol. The molecule has 0 saturated carbocycles. The van der Waals surface area contributed by atoms with E-state index in [4.69, 9.17) is 4.42 Å². The molecule has 1 aliphatic rings. The van der Waals surface area contributed by atoms with Gasteiger partial charge in [-0.1, -0.05) is 20.8 Å². The molecule has 4 aromatic heterocycles. The zero-order valence-corrected chi connectivity index (χ0v) is 20.5. The molecule has 0 spiro atoms. The molecule has 11 heteroatoms. The quantitative estimate of drug-likeness (QED) is 0.345. The largest absolute Gasteiger partial charge is 0.463 e. The number of carbonyl (C=O) groups excluding carboxylic acids is 1. The molecule has 1 N–H and O–H groups in total. The number of carbonyl (C=O) groups is 1. The Kier molecular flexibility index (Phi) is 5.67. The summed E-state index contributed by atoms with van der Waals surface area (Å²) in [7, 11) is 0. The molecular formula is C25H22F3N5O2S. The van der Waals surface area contributed by atoms with E-state index in [1.54, 1.807) is 6.07 Å². The van der Waals surface area contributed by atoms with Crippen LogP contribution >= 0.6 is 11.3 Å². The number of thiophene rings is 1. The highest BCUT2D eigenvalue weighted by atomic mass is 32.1. The summed E-state index contributed by atoms with van der Waals surface area (Å²) in [5, 5.41) is 16.8. The number of alkyl halides is 3. The first-order valence-corrected chi connectivity index (χ1v) is 12.1. The summed E-state index contributed by atoms with van der Waals surface area (Å²) >= 11 is 1.35. The Labute approximate surface area is 208 Å². The lowest BCUT2D eigenvalue weighted by atomic mass is 9.72. The van der Waals surface area contributed by atoms with Crippen molar-refractivity contribution in [1.82, 2.24) is 14.6 Å². The van der Waals surface area contributed by atoms with Gasteiger partial charge in [-0.3, -0.25) is 4.79 Å². The van der Waals surface area contributed by atoms with Crippen LogP contribution in [-0.4, -0.2) is 20.5 Å². The van der Waals surface area contributed by atoms with Crippen LogP contribution < -0.4 is 5.32 Å². The van der Waals surface area contributed by atoms with E-state index < -0.39 is 17.8 Å². The number of halogens is 3. The van der Waals surface area contributed by atoms with Crippen LogP contribution in [0, 0.1) is 22.7 Å². The fraction of sp³-hybridized carbons (Fsp3) is 0.360. The van der Waals surface area contributed by atoms with E-state index in [9.17, 15) is 23.2 Å². The highest BCUT2D eigenvalue weighted by Gasteiger charge is 2.36. The molecule has 4 heterocycles. The molecule has 0 aromatic carbocycles. The minimum absolute atomic E-state index is 0.0298. The van der Waals surface area contributed by atoms with Gasteiger partial charge in [0.25, 0.3) is 5.91 Å². The van der Waals surface area contributed by atoms with E-state index >= 15 is 0 Å². The third kappa shape index (κ3) is 4.26. The Hall–Kier alpha value is -3.65. The van der Waals surface area contributed by atoms with Crippen LogP contribution in [0.2, 0.25) is 0 Å². The molecule has 5 rings (SSSR count). The second-order valence-electron chi connectivity index (χ2n) is 9.88. The van der Waals surface area contributed by atoms with Gasteiger partial charge in [0, 0.05) is 10.9 Å². The summed E-state index contributed by atoms with van der Waals surface area (Å²) in [5.74, 6) is -0.102. The van der Waals surface area contributed by atoms with Crippen molar-refractivity contribution >= 4 is 27.9 Å². The average Bonchev–Trinajstić information content (AvgIpc) is 3.54. The Morgan fingerprint density at radius 2 is 2.08 bits per heavy atom. The Bertz CT molecular complexity index is 1500. The number of hydrogen-bond acceptors (Lipinski definition) is 6. The molecule has 0 unspecified atom stereocenters. The Balaban J connectivity index is 1.49. The first-order valence-electron chi connectivity index (χ1n) is 11.3. The fourth-order valence-corrected chi connectivity index (χ4v) is 5.81. The van der Waals surface area contributed by atoms with E-state index in [2.05, 4.69) is 42.2 Å². The number of aromatic nitrogens is 3. The van der Waals surface area contributed by atoms with E-state index in [1.165, 1.54) is 29.7 Å². The Morgan fingerprint density at radius 1 is 1.31 bits per heavy atom. The van der Waals surface area contributed by atoms with Gasteiger partial charge in [0.15, 0.2) is 22.8 Å². The number of nitrogens with one attached hydrogen (secondary N) is 1. The topological polar surface area (TPSA) is 96.2 Å². The first-order chi connectivity index (χ1) is 17.0. The monoisotopic (exact) mass is 513 g/mol. The molecule has 186 valence electrons. The van der Waals surface area contributed by atoms with Gasteiger partial charge in [-0.25, -0.2) is 9.50 Å². The van der Waals surface area contributed by atoms with Crippen molar-refractivity contribution in [3.05, 3.63) is 57.9 Å². The number of nitrogens with zero attached hydrogens (tertiary/aromatic N) is 4. The molecule has 0 bridgehead atoms. The van der Waals surface area contributed by atoms with Crippen LogP contribution in [0.25, 0.3) is 17.1 Å². The number of furan rings is 1. The molecular weight excluding hydrogens is 491 g/mol. The smallest absolute Gasteiger partial charge is 0.433 e. The molecule has 1 amide bonds. The predicted octanol–water partition coefficient (Wildman–Crippen LogP) is 6.34. The van der Waals surface area contributed by atoms with Gasteiger partial charge in [0.1, 0.15) is 16.8 Å². The van der Waals surface area contributed by atoms with Crippen molar-refractivity contribution in [2.75, 3.05) is 5.32 Å². The lowest BCUT2D eigenvalue weighted by Gasteiger charge is -2.33. The maximum absolute atomic E-state index is 13.8. The molecule has 7 nitrogen and oxygen atoms in total. The van der Waals surface area contributed by atoms with Gasteiger partial charge in [0.05, 0.1) is 11.8 Å². The minimum Gasteiger partial charge on any atom is -0.463 e. The van der Waals surface area contributed by atoms with Crippen molar-refractivity contribution in [3.8, 4) is 17.5 Å².